The molecule has 6 heteroatoms. The van der Waals surface area contributed by atoms with E-state index in [1.807, 2.05) is 12.3 Å². The SMILES string of the molecule is CCNC(=O)CN(C)C(C)C(=O)NN. The number of rotatable bonds is 5. The third-order valence-electron chi connectivity index (χ3n) is 1.95. The smallest absolute Gasteiger partial charge is 0.250 e. The molecular weight excluding hydrogens is 184 g/mol. The molecule has 0 aliphatic heterocycles. The zero-order chi connectivity index (χ0) is 11.1. The van der Waals surface area contributed by atoms with Crippen LogP contribution in [0.3, 0.4) is 0 Å². The molecule has 0 aliphatic rings. The van der Waals surface area contributed by atoms with Crippen molar-refractivity contribution in [3.8, 4) is 0 Å². The van der Waals surface area contributed by atoms with E-state index < -0.39 is 6.04 Å². The van der Waals surface area contributed by atoms with E-state index in [-0.39, 0.29) is 18.4 Å². The fourth-order valence-electron chi connectivity index (χ4n) is 0.937. The number of carbonyl (C=O) groups is 2. The molecule has 0 aromatic heterocycles. The van der Waals surface area contributed by atoms with Crippen molar-refractivity contribution in [1.29, 1.82) is 0 Å². The molecule has 6 nitrogen and oxygen atoms in total. The second-order valence-electron chi connectivity index (χ2n) is 3.05. The monoisotopic (exact) mass is 202 g/mol. The Balaban J connectivity index is 4.00. The van der Waals surface area contributed by atoms with Gasteiger partial charge in [0.1, 0.15) is 0 Å². The van der Waals surface area contributed by atoms with Gasteiger partial charge < -0.3 is 5.32 Å². The van der Waals surface area contributed by atoms with Crippen molar-refractivity contribution in [3.63, 3.8) is 0 Å². The van der Waals surface area contributed by atoms with Crippen LogP contribution in [0.1, 0.15) is 13.8 Å². The number of hydrazine groups is 1. The first-order valence-electron chi connectivity index (χ1n) is 4.50. The summed E-state index contributed by atoms with van der Waals surface area (Å²) in [6, 6.07) is -0.414. The highest BCUT2D eigenvalue weighted by Crippen LogP contribution is 1.93. The highest BCUT2D eigenvalue weighted by atomic mass is 16.2. The first kappa shape index (κ1) is 12.9. The Bertz CT molecular complexity index is 208. The van der Waals surface area contributed by atoms with Crippen LogP contribution < -0.4 is 16.6 Å². The number of amides is 2. The fraction of sp³-hybridized carbons (Fsp3) is 0.750. The lowest BCUT2D eigenvalue weighted by Gasteiger charge is -2.22. The average molecular weight is 202 g/mol. The van der Waals surface area contributed by atoms with E-state index >= 15 is 0 Å². The van der Waals surface area contributed by atoms with Crippen LogP contribution in [0.4, 0.5) is 0 Å². The summed E-state index contributed by atoms with van der Waals surface area (Å²) in [5.74, 6) is 4.56. The van der Waals surface area contributed by atoms with Crippen molar-refractivity contribution in [3.05, 3.63) is 0 Å². The van der Waals surface area contributed by atoms with E-state index in [0.29, 0.717) is 6.54 Å². The number of likely N-dealkylation sites (N-methyl/N-ethyl adjacent to an activating group) is 2. The van der Waals surface area contributed by atoms with Gasteiger partial charge in [0.05, 0.1) is 12.6 Å². The molecule has 0 spiro atoms. The summed E-state index contributed by atoms with van der Waals surface area (Å²) < 4.78 is 0. The molecule has 0 aromatic rings. The highest BCUT2D eigenvalue weighted by Gasteiger charge is 2.18. The minimum Gasteiger partial charge on any atom is -0.355 e. The predicted octanol–water partition coefficient (Wildman–Crippen LogP) is -1.57. The summed E-state index contributed by atoms with van der Waals surface area (Å²) in [5, 5.41) is 2.64. The quantitative estimate of drug-likeness (QED) is 0.285. The van der Waals surface area contributed by atoms with Crippen LogP contribution in [0.25, 0.3) is 0 Å². The van der Waals surface area contributed by atoms with Gasteiger partial charge in [-0.05, 0) is 20.9 Å². The van der Waals surface area contributed by atoms with Crippen molar-refractivity contribution < 1.29 is 9.59 Å². The van der Waals surface area contributed by atoms with Gasteiger partial charge in [-0.25, -0.2) is 5.84 Å². The molecule has 14 heavy (non-hydrogen) atoms. The van der Waals surface area contributed by atoms with Gasteiger partial charge in [-0.1, -0.05) is 0 Å². The maximum absolute atomic E-state index is 11.2. The maximum Gasteiger partial charge on any atom is 0.250 e. The number of carbonyl (C=O) groups excluding carboxylic acids is 2. The molecule has 82 valence electrons. The highest BCUT2D eigenvalue weighted by molar-refractivity contribution is 5.82. The largest absolute Gasteiger partial charge is 0.355 e. The Labute approximate surface area is 83.8 Å². The van der Waals surface area contributed by atoms with Crippen LogP contribution in [-0.2, 0) is 9.59 Å². The molecule has 4 N–H and O–H groups in total. The molecule has 0 saturated heterocycles. The van der Waals surface area contributed by atoms with Gasteiger partial charge in [0.2, 0.25) is 5.91 Å². The van der Waals surface area contributed by atoms with Crippen LogP contribution in [0.2, 0.25) is 0 Å². The van der Waals surface area contributed by atoms with Gasteiger partial charge in [0, 0.05) is 6.54 Å². The summed E-state index contributed by atoms with van der Waals surface area (Å²) in [4.78, 5) is 23.9. The minimum atomic E-state index is -0.414. The lowest BCUT2D eigenvalue weighted by molar-refractivity contribution is -0.127. The molecule has 0 saturated carbocycles. The van der Waals surface area contributed by atoms with Crippen molar-refractivity contribution in [2.45, 2.75) is 19.9 Å². The second-order valence-corrected chi connectivity index (χ2v) is 3.05. The van der Waals surface area contributed by atoms with Gasteiger partial charge in [-0.3, -0.25) is 19.9 Å². The van der Waals surface area contributed by atoms with Gasteiger partial charge >= 0.3 is 0 Å². The summed E-state index contributed by atoms with van der Waals surface area (Å²) in [7, 11) is 1.69. The number of nitrogens with one attached hydrogen (secondary N) is 2. The molecule has 1 unspecified atom stereocenters. The van der Waals surface area contributed by atoms with Gasteiger partial charge in [-0.15, -0.1) is 0 Å². The van der Waals surface area contributed by atoms with E-state index in [1.54, 1.807) is 18.9 Å². The van der Waals surface area contributed by atoms with Crippen LogP contribution >= 0.6 is 0 Å². The first-order chi connectivity index (χ1) is 6.52. The summed E-state index contributed by atoms with van der Waals surface area (Å²) in [6.07, 6.45) is 0. The zero-order valence-electron chi connectivity index (χ0n) is 8.83. The molecule has 1 atom stereocenters. The van der Waals surface area contributed by atoms with Crippen LogP contribution in [-0.4, -0.2) is 42.9 Å². The van der Waals surface area contributed by atoms with E-state index in [9.17, 15) is 9.59 Å². The Morgan fingerprint density at radius 2 is 2.07 bits per heavy atom. The molecular formula is C8H18N4O2. The van der Waals surface area contributed by atoms with Crippen LogP contribution in [0, 0.1) is 0 Å². The number of hydrogen-bond acceptors (Lipinski definition) is 4. The lowest BCUT2D eigenvalue weighted by atomic mass is 10.3. The van der Waals surface area contributed by atoms with Crippen molar-refractivity contribution in [2.75, 3.05) is 20.1 Å². The topological polar surface area (TPSA) is 87.5 Å². The Morgan fingerprint density at radius 3 is 2.50 bits per heavy atom. The average Bonchev–Trinajstić information content (AvgIpc) is 2.15. The van der Waals surface area contributed by atoms with E-state index in [4.69, 9.17) is 5.84 Å². The number of hydrogen-bond donors (Lipinski definition) is 3. The van der Waals surface area contributed by atoms with Crippen molar-refractivity contribution >= 4 is 11.8 Å². The summed E-state index contributed by atoms with van der Waals surface area (Å²) in [5.41, 5.74) is 2.04. The number of nitrogens with zero attached hydrogens (tertiary/aromatic N) is 1. The fourth-order valence-corrected chi connectivity index (χ4v) is 0.937. The van der Waals surface area contributed by atoms with Crippen molar-refractivity contribution in [1.82, 2.24) is 15.6 Å². The predicted molar refractivity (Wildman–Crippen MR) is 53.1 cm³/mol. The van der Waals surface area contributed by atoms with E-state index in [0.717, 1.165) is 0 Å². The second kappa shape index (κ2) is 6.33. The molecule has 0 bridgehead atoms. The standard InChI is InChI=1S/C8H18N4O2/c1-4-10-7(13)5-12(3)6(2)8(14)11-9/h6H,4-5,9H2,1-3H3,(H,10,13)(H,11,14). The molecule has 0 heterocycles. The number of nitrogens with two attached hydrogens (primary N) is 1. The van der Waals surface area contributed by atoms with E-state index in [2.05, 4.69) is 5.32 Å². The normalized spacial score (nSPS) is 12.4. The van der Waals surface area contributed by atoms with Crippen molar-refractivity contribution in [2.24, 2.45) is 5.84 Å². The Hall–Kier alpha value is -1.14. The molecule has 0 rings (SSSR count). The van der Waals surface area contributed by atoms with Gasteiger partial charge in [0.15, 0.2) is 0 Å². The third kappa shape index (κ3) is 4.20. The van der Waals surface area contributed by atoms with Gasteiger partial charge in [-0.2, -0.15) is 0 Å². The Kier molecular flexibility index (Phi) is 5.82. The molecule has 0 radical (unpaired) electrons. The van der Waals surface area contributed by atoms with Gasteiger partial charge in [0.25, 0.3) is 5.91 Å². The minimum absolute atomic E-state index is 0.105. The third-order valence-corrected chi connectivity index (χ3v) is 1.95. The Morgan fingerprint density at radius 1 is 1.50 bits per heavy atom. The summed E-state index contributed by atoms with van der Waals surface area (Å²) in [6.45, 7) is 4.29. The summed E-state index contributed by atoms with van der Waals surface area (Å²) >= 11 is 0. The van der Waals surface area contributed by atoms with E-state index in [1.165, 1.54) is 0 Å². The van der Waals surface area contributed by atoms with Crippen LogP contribution in [0.5, 0.6) is 0 Å². The zero-order valence-corrected chi connectivity index (χ0v) is 8.83. The lowest BCUT2D eigenvalue weighted by Crippen LogP contribution is -2.48. The molecule has 0 aliphatic carbocycles. The molecule has 2 amide bonds. The molecule has 0 aromatic carbocycles. The molecule has 0 fully saturated rings. The van der Waals surface area contributed by atoms with Crippen LogP contribution in [0.15, 0.2) is 0 Å². The first-order valence-corrected chi connectivity index (χ1v) is 4.50. The maximum atomic E-state index is 11.2.